The van der Waals surface area contributed by atoms with E-state index in [1.807, 2.05) is 57.3 Å². The molecule has 0 amide bonds. The van der Waals surface area contributed by atoms with Crippen molar-refractivity contribution in [1.29, 1.82) is 5.26 Å². The molecule has 4 atom stereocenters. The number of phenols is 1. The summed E-state index contributed by atoms with van der Waals surface area (Å²) in [6, 6.07) is 12.9. The van der Waals surface area contributed by atoms with Crippen molar-refractivity contribution in [2.24, 2.45) is 0 Å². The number of aromatic hydroxyl groups is 1. The zero-order chi connectivity index (χ0) is 31.6. The van der Waals surface area contributed by atoms with Gasteiger partial charge in [0, 0.05) is 40.9 Å². The first-order chi connectivity index (χ1) is 21.7. The fraction of sp³-hybridized carbons (Fsp3) is 0.371. The molecule has 0 aliphatic carbocycles. The SMILES string of the molecule is COc1c(C)cc2c(c1O)C1C3=Cc4c(OC(C)=O)c(C)c5c(c4[C@H](COCc4ccccc4)N3[C@@H](C#N)C(C2)N1C)OCO5. The molecule has 0 saturated carbocycles. The zero-order valence-corrected chi connectivity index (χ0v) is 25.9. The van der Waals surface area contributed by atoms with Gasteiger partial charge in [0.15, 0.2) is 23.0 Å². The molecule has 7 rings (SSSR count). The molecule has 3 aromatic rings. The Morgan fingerprint density at radius 2 is 1.89 bits per heavy atom. The number of rotatable bonds is 6. The van der Waals surface area contributed by atoms with E-state index in [-0.39, 0.29) is 25.2 Å². The number of hydrogen-bond acceptors (Lipinski definition) is 10. The van der Waals surface area contributed by atoms with Crippen molar-refractivity contribution in [2.45, 2.75) is 58.0 Å². The Labute approximate surface area is 261 Å². The number of esters is 1. The van der Waals surface area contributed by atoms with Crippen LogP contribution in [0.5, 0.6) is 28.7 Å². The molecule has 0 spiro atoms. The number of carbonyl (C=O) groups is 1. The van der Waals surface area contributed by atoms with Gasteiger partial charge in [0.25, 0.3) is 0 Å². The van der Waals surface area contributed by atoms with Crippen molar-refractivity contribution in [3.8, 4) is 34.8 Å². The number of likely N-dealkylation sites (N-methyl/N-ethyl adjacent to an activating group) is 1. The van der Waals surface area contributed by atoms with Gasteiger partial charge in [-0.25, -0.2) is 0 Å². The molecule has 2 unspecified atom stereocenters. The molecular weight excluding hydrogens is 574 g/mol. The number of nitrogens with zero attached hydrogens (tertiary/aromatic N) is 3. The summed E-state index contributed by atoms with van der Waals surface area (Å²) in [6.07, 6.45) is 2.54. The highest BCUT2D eigenvalue weighted by Gasteiger charge is 2.53. The number of carbonyl (C=O) groups excluding carboxylic acids is 1. The van der Waals surface area contributed by atoms with Gasteiger partial charge in [0.05, 0.1) is 38.5 Å². The van der Waals surface area contributed by atoms with Crippen LogP contribution in [0.2, 0.25) is 0 Å². The Balaban J connectivity index is 1.47. The molecule has 0 aromatic heterocycles. The predicted octanol–water partition coefficient (Wildman–Crippen LogP) is 5.09. The summed E-state index contributed by atoms with van der Waals surface area (Å²) < 4.78 is 29.9. The third-order valence-corrected chi connectivity index (χ3v) is 9.44. The van der Waals surface area contributed by atoms with E-state index in [0.717, 1.165) is 33.5 Å². The average Bonchev–Trinajstić information content (AvgIpc) is 3.51. The molecule has 1 saturated heterocycles. The number of fused-ring (bicyclic) bond motifs is 9. The van der Waals surface area contributed by atoms with Crippen LogP contribution >= 0.6 is 0 Å². The molecule has 1 fully saturated rings. The standard InChI is InChI=1S/C35H35N3O7/c1-18-11-22-12-24-26(14-36)38-25(30(37(24)4)28(22)31(40)32(18)41-5)13-23-29(27(38)16-42-15-21-9-7-6-8-10-21)35-34(43-17-44-35)19(2)33(23)45-20(3)39/h6-11,13,24,26-27,30,40H,12,15-17H2,1-5H3/t24?,26-,27-,30?/m0/s1. The van der Waals surface area contributed by atoms with Crippen molar-refractivity contribution in [3.05, 3.63) is 81.0 Å². The highest BCUT2D eigenvalue weighted by molar-refractivity contribution is 5.81. The highest BCUT2D eigenvalue weighted by atomic mass is 16.7. The van der Waals surface area contributed by atoms with E-state index >= 15 is 0 Å². The van der Waals surface area contributed by atoms with Gasteiger partial charge in [-0.3, -0.25) is 9.69 Å². The number of ether oxygens (including phenoxy) is 5. The molecule has 0 radical (unpaired) electrons. The molecule has 232 valence electrons. The Morgan fingerprint density at radius 1 is 1.13 bits per heavy atom. The van der Waals surface area contributed by atoms with Crippen LogP contribution in [0.15, 0.2) is 42.1 Å². The molecule has 10 nitrogen and oxygen atoms in total. The summed E-state index contributed by atoms with van der Waals surface area (Å²) in [5.41, 5.74) is 6.41. The van der Waals surface area contributed by atoms with Gasteiger partial charge in [-0.15, -0.1) is 0 Å². The maximum atomic E-state index is 12.4. The van der Waals surface area contributed by atoms with E-state index < -0.39 is 24.1 Å². The van der Waals surface area contributed by atoms with Crippen molar-refractivity contribution in [1.82, 2.24) is 9.80 Å². The van der Waals surface area contributed by atoms with Crippen LogP contribution in [0.25, 0.3) is 6.08 Å². The van der Waals surface area contributed by atoms with Gasteiger partial charge in [-0.2, -0.15) is 5.26 Å². The molecule has 3 aromatic carbocycles. The largest absolute Gasteiger partial charge is 0.504 e. The molecule has 4 aliphatic rings. The molecule has 2 bridgehead atoms. The molecule has 10 heteroatoms. The number of piperazine rings is 1. The second-order valence-electron chi connectivity index (χ2n) is 12.0. The number of benzene rings is 3. The van der Waals surface area contributed by atoms with Gasteiger partial charge < -0.3 is 33.7 Å². The van der Waals surface area contributed by atoms with Crippen molar-refractivity contribution < 1.29 is 33.6 Å². The van der Waals surface area contributed by atoms with Gasteiger partial charge in [-0.05, 0) is 50.1 Å². The summed E-state index contributed by atoms with van der Waals surface area (Å²) in [4.78, 5) is 16.7. The van der Waals surface area contributed by atoms with Crippen LogP contribution in [0.1, 0.15) is 58.0 Å². The van der Waals surface area contributed by atoms with Gasteiger partial charge in [-0.1, -0.05) is 36.4 Å². The number of hydrogen-bond donors (Lipinski definition) is 1. The van der Waals surface area contributed by atoms with Crippen molar-refractivity contribution in [3.63, 3.8) is 0 Å². The predicted molar refractivity (Wildman–Crippen MR) is 164 cm³/mol. The van der Waals surface area contributed by atoms with Crippen LogP contribution in [0.3, 0.4) is 0 Å². The van der Waals surface area contributed by atoms with Crippen LogP contribution in [0, 0.1) is 25.2 Å². The van der Waals surface area contributed by atoms with E-state index in [4.69, 9.17) is 23.7 Å². The minimum absolute atomic E-state index is 0.0242. The quantitative estimate of drug-likeness (QED) is 0.300. The first-order valence-corrected chi connectivity index (χ1v) is 15.0. The Hall–Kier alpha value is -4.72. The first-order valence-electron chi connectivity index (χ1n) is 15.0. The van der Waals surface area contributed by atoms with Crippen LogP contribution in [0.4, 0.5) is 0 Å². The Bertz CT molecular complexity index is 1780. The Morgan fingerprint density at radius 3 is 2.60 bits per heavy atom. The second kappa shape index (κ2) is 11.0. The fourth-order valence-electron chi connectivity index (χ4n) is 7.58. The third-order valence-electron chi connectivity index (χ3n) is 9.44. The minimum atomic E-state index is -0.565. The number of aryl methyl sites for hydroxylation is 1. The van der Waals surface area contributed by atoms with E-state index in [9.17, 15) is 15.2 Å². The summed E-state index contributed by atoms with van der Waals surface area (Å²) >= 11 is 0. The van der Waals surface area contributed by atoms with Crippen LogP contribution < -0.4 is 18.9 Å². The molecular formula is C35H35N3O7. The van der Waals surface area contributed by atoms with Crippen LogP contribution in [-0.4, -0.2) is 60.5 Å². The minimum Gasteiger partial charge on any atom is -0.504 e. The van der Waals surface area contributed by atoms with Crippen molar-refractivity contribution in [2.75, 3.05) is 27.6 Å². The number of nitriles is 1. The molecule has 4 aliphatic heterocycles. The summed E-state index contributed by atoms with van der Waals surface area (Å²) in [7, 11) is 3.54. The van der Waals surface area contributed by atoms with Crippen LogP contribution in [-0.2, 0) is 22.6 Å². The summed E-state index contributed by atoms with van der Waals surface area (Å²) in [5, 5.41) is 22.4. The lowest BCUT2D eigenvalue weighted by molar-refractivity contribution is -0.131. The monoisotopic (exact) mass is 609 g/mol. The van der Waals surface area contributed by atoms with E-state index in [1.54, 1.807) is 7.11 Å². The Kier molecular flexibility index (Phi) is 7.10. The lowest BCUT2D eigenvalue weighted by atomic mass is 9.75. The lowest BCUT2D eigenvalue weighted by Gasteiger charge is -2.57. The lowest BCUT2D eigenvalue weighted by Crippen LogP contribution is -2.62. The van der Waals surface area contributed by atoms with E-state index in [2.05, 4.69) is 21.9 Å². The van der Waals surface area contributed by atoms with Crippen molar-refractivity contribution >= 4 is 12.0 Å². The smallest absolute Gasteiger partial charge is 0.308 e. The zero-order valence-electron chi connectivity index (χ0n) is 25.9. The topological polar surface area (TPSA) is 114 Å². The number of phenolic OH excluding ortho intramolecular Hbond substituents is 1. The first kappa shape index (κ1) is 29.0. The van der Waals surface area contributed by atoms with E-state index in [0.29, 0.717) is 47.2 Å². The number of methoxy groups -OCH3 is 1. The second-order valence-corrected chi connectivity index (χ2v) is 12.0. The fourth-order valence-corrected chi connectivity index (χ4v) is 7.58. The normalized spacial score (nSPS) is 22.5. The third kappa shape index (κ3) is 4.41. The highest BCUT2D eigenvalue weighted by Crippen LogP contribution is 2.59. The van der Waals surface area contributed by atoms with E-state index in [1.165, 1.54) is 6.92 Å². The molecule has 4 heterocycles. The van der Waals surface area contributed by atoms with Gasteiger partial charge in [0.2, 0.25) is 6.79 Å². The van der Waals surface area contributed by atoms with Gasteiger partial charge in [0.1, 0.15) is 11.8 Å². The summed E-state index contributed by atoms with van der Waals surface area (Å²) in [5.74, 6) is 1.50. The average molecular weight is 610 g/mol. The summed E-state index contributed by atoms with van der Waals surface area (Å²) in [6.45, 7) is 5.73. The molecule has 1 N–H and O–H groups in total. The maximum absolute atomic E-state index is 12.4. The molecule has 45 heavy (non-hydrogen) atoms. The van der Waals surface area contributed by atoms with Gasteiger partial charge >= 0.3 is 5.97 Å². The maximum Gasteiger partial charge on any atom is 0.308 e.